The molecule has 2 heterocycles. The van der Waals surface area contributed by atoms with Crippen molar-refractivity contribution >= 4 is 11.3 Å². The molecule has 0 spiro atoms. The van der Waals surface area contributed by atoms with E-state index in [1.807, 2.05) is 17.5 Å². The van der Waals surface area contributed by atoms with Gasteiger partial charge in [-0.1, -0.05) is 13.8 Å². The van der Waals surface area contributed by atoms with E-state index >= 15 is 0 Å². The molecule has 0 saturated carbocycles. The summed E-state index contributed by atoms with van der Waals surface area (Å²) in [6.45, 7) is 8.59. The highest BCUT2D eigenvalue weighted by molar-refractivity contribution is 7.10. The van der Waals surface area contributed by atoms with Crippen LogP contribution >= 0.6 is 11.3 Å². The topological polar surface area (TPSA) is 29.9 Å². The fraction of sp³-hybridized carbons (Fsp3) is 0.533. The summed E-state index contributed by atoms with van der Waals surface area (Å²) in [4.78, 5) is 1.41. The van der Waals surface area contributed by atoms with Gasteiger partial charge in [0.1, 0.15) is 0 Å². The second-order valence-electron chi connectivity index (χ2n) is 4.83. The minimum atomic E-state index is 0.272. The number of thiophene rings is 1. The van der Waals surface area contributed by atoms with Crippen LogP contribution in [0.15, 0.2) is 23.7 Å². The zero-order valence-corrected chi connectivity index (χ0v) is 12.8. The Bertz CT molecular complexity index is 501. The Kier molecular flexibility index (Phi) is 5.16. The number of rotatable bonds is 7. The SMILES string of the molecule is CCCNC(c1sccc1C)c1ccnn1CCC. The first-order valence-corrected chi connectivity index (χ1v) is 7.95. The van der Waals surface area contributed by atoms with E-state index in [-0.39, 0.29) is 6.04 Å². The van der Waals surface area contributed by atoms with Crippen molar-refractivity contribution < 1.29 is 0 Å². The lowest BCUT2D eigenvalue weighted by Crippen LogP contribution is -2.25. The molecule has 0 radical (unpaired) electrons. The van der Waals surface area contributed by atoms with Gasteiger partial charge in [0.25, 0.3) is 0 Å². The molecule has 0 amide bonds. The van der Waals surface area contributed by atoms with Crippen molar-refractivity contribution in [1.82, 2.24) is 15.1 Å². The normalized spacial score (nSPS) is 12.8. The third kappa shape index (κ3) is 3.25. The average Bonchev–Trinajstić information content (AvgIpc) is 3.01. The van der Waals surface area contributed by atoms with Crippen LogP contribution in [0.2, 0.25) is 0 Å². The van der Waals surface area contributed by atoms with Crippen LogP contribution in [0.3, 0.4) is 0 Å². The number of nitrogens with one attached hydrogen (secondary N) is 1. The first-order chi connectivity index (χ1) is 9.27. The zero-order chi connectivity index (χ0) is 13.7. The number of hydrogen-bond donors (Lipinski definition) is 1. The zero-order valence-electron chi connectivity index (χ0n) is 12.0. The molecular weight excluding hydrogens is 254 g/mol. The largest absolute Gasteiger partial charge is 0.304 e. The maximum absolute atomic E-state index is 4.46. The lowest BCUT2D eigenvalue weighted by Gasteiger charge is -2.20. The van der Waals surface area contributed by atoms with Crippen LogP contribution in [0, 0.1) is 6.92 Å². The molecule has 19 heavy (non-hydrogen) atoms. The third-order valence-corrected chi connectivity index (χ3v) is 4.33. The molecule has 4 heteroatoms. The van der Waals surface area contributed by atoms with Gasteiger partial charge >= 0.3 is 0 Å². The maximum Gasteiger partial charge on any atom is 0.0844 e. The summed E-state index contributed by atoms with van der Waals surface area (Å²) in [7, 11) is 0. The quantitative estimate of drug-likeness (QED) is 0.835. The minimum absolute atomic E-state index is 0.272. The van der Waals surface area contributed by atoms with Crippen LogP contribution in [0.1, 0.15) is 48.9 Å². The van der Waals surface area contributed by atoms with Crippen LogP contribution in [0.5, 0.6) is 0 Å². The predicted molar refractivity (Wildman–Crippen MR) is 81.7 cm³/mol. The maximum atomic E-state index is 4.46. The molecule has 1 atom stereocenters. The van der Waals surface area contributed by atoms with Crippen LogP contribution in [-0.4, -0.2) is 16.3 Å². The summed E-state index contributed by atoms with van der Waals surface area (Å²) in [5.41, 5.74) is 2.64. The number of hydrogen-bond acceptors (Lipinski definition) is 3. The molecule has 104 valence electrons. The van der Waals surface area contributed by atoms with Crippen LogP contribution in [0.25, 0.3) is 0 Å². The first-order valence-electron chi connectivity index (χ1n) is 7.07. The molecule has 1 N–H and O–H groups in total. The Hall–Kier alpha value is -1.13. The second-order valence-corrected chi connectivity index (χ2v) is 5.78. The summed E-state index contributed by atoms with van der Waals surface area (Å²) in [5.74, 6) is 0. The molecule has 0 saturated heterocycles. The lowest BCUT2D eigenvalue weighted by molar-refractivity contribution is 0.514. The van der Waals surface area contributed by atoms with E-state index in [0.717, 1.165) is 25.9 Å². The standard InChI is InChI=1S/C15H23N3S/c1-4-8-16-14(15-12(3)7-11-19-15)13-6-9-17-18(13)10-5-2/h6-7,9,11,14,16H,4-5,8,10H2,1-3H3. The summed E-state index contributed by atoms with van der Waals surface area (Å²) < 4.78 is 2.13. The number of nitrogens with zero attached hydrogens (tertiary/aromatic N) is 2. The molecule has 0 aliphatic rings. The summed E-state index contributed by atoms with van der Waals surface area (Å²) in [6, 6.07) is 4.61. The monoisotopic (exact) mass is 277 g/mol. The van der Waals surface area contributed by atoms with Gasteiger partial charge in [0, 0.05) is 17.6 Å². The first kappa shape index (κ1) is 14.3. The van der Waals surface area contributed by atoms with Crippen molar-refractivity contribution in [3.8, 4) is 0 Å². The number of aromatic nitrogens is 2. The van der Waals surface area contributed by atoms with Gasteiger partial charge in [-0.25, -0.2) is 0 Å². The molecule has 0 aromatic carbocycles. The Labute approximate surface area is 119 Å². The Morgan fingerprint density at radius 2 is 2.16 bits per heavy atom. The molecular formula is C15H23N3S. The molecule has 0 aliphatic carbocycles. The highest BCUT2D eigenvalue weighted by Crippen LogP contribution is 2.29. The molecule has 2 rings (SSSR count). The molecule has 0 bridgehead atoms. The van der Waals surface area contributed by atoms with Crippen LogP contribution in [0.4, 0.5) is 0 Å². The molecule has 1 unspecified atom stereocenters. The van der Waals surface area contributed by atoms with Crippen molar-refractivity contribution in [2.24, 2.45) is 0 Å². The summed E-state index contributed by atoms with van der Waals surface area (Å²) >= 11 is 1.83. The highest BCUT2D eigenvalue weighted by atomic mass is 32.1. The number of aryl methyl sites for hydroxylation is 2. The molecule has 3 nitrogen and oxygen atoms in total. The Balaban J connectivity index is 2.31. The molecule has 2 aromatic rings. The van der Waals surface area contributed by atoms with Gasteiger partial charge in [0.2, 0.25) is 0 Å². The van der Waals surface area contributed by atoms with Gasteiger partial charge in [-0.2, -0.15) is 5.10 Å². The molecule has 0 aliphatic heterocycles. The van der Waals surface area contributed by atoms with Crippen molar-refractivity contribution in [3.05, 3.63) is 39.8 Å². The van der Waals surface area contributed by atoms with E-state index in [0.29, 0.717) is 0 Å². The van der Waals surface area contributed by atoms with E-state index in [2.05, 4.69) is 53.4 Å². The van der Waals surface area contributed by atoms with Gasteiger partial charge in [-0.05, 0) is 49.4 Å². The second kappa shape index (κ2) is 6.87. The molecule has 2 aromatic heterocycles. The van der Waals surface area contributed by atoms with E-state index in [1.165, 1.54) is 16.1 Å². The van der Waals surface area contributed by atoms with Gasteiger partial charge < -0.3 is 5.32 Å². The van der Waals surface area contributed by atoms with Gasteiger partial charge in [-0.3, -0.25) is 4.68 Å². The fourth-order valence-electron chi connectivity index (χ4n) is 2.29. The Morgan fingerprint density at radius 3 is 2.79 bits per heavy atom. The van der Waals surface area contributed by atoms with Crippen molar-refractivity contribution in [3.63, 3.8) is 0 Å². The predicted octanol–water partition coefficient (Wildman–Crippen LogP) is 3.75. The van der Waals surface area contributed by atoms with E-state index in [9.17, 15) is 0 Å². The van der Waals surface area contributed by atoms with E-state index < -0.39 is 0 Å². The van der Waals surface area contributed by atoms with E-state index in [1.54, 1.807) is 0 Å². The van der Waals surface area contributed by atoms with Crippen molar-refractivity contribution in [1.29, 1.82) is 0 Å². The van der Waals surface area contributed by atoms with Gasteiger partial charge in [0.15, 0.2) is 0 Å². The van der Waals surface area contributed by atoms with Gasteiger partial charge in [0.05, 0.1) is 11.7 Å². The van der Waals surface area contributed by atoms with E-state index in [4.69, 9.17) is 0 Å². The third-order valence-electron chi connectivity index (χ3n) is 3.24. The van der Waals surface area contributed by atoms with Crippen molar-refractivity contribution in [2.75, 3.05) is 6.54 Å². The average molecular weight is 277 g/mol. The summed E-state index contributed by atoms with van der Waals surface area (Å²) in [5, 5.41) is 10.3. The Morgan fingerprint density at radius 1 is 1.32 bits per heavy atom. The molecule has 0 fully saturated rings. The fourth-order valence-corrected chi connectivity index (χ4v) is 3.30. The smallest absolute Gasteiger partial charge is 0.0844 e. The minimum Gasteiger partial charge on any atom is -0.304 e. The highest BCUT2D eigenvalue weighted by Gasteiger charge is 2.20. The van der Waals surface area contributed by atoms with Crippen LogP contribution < -0.4 is 5.32 Å². The van der Waals surface area contributed by atoms with Crippen molar-refractivity contribution in [2.45, 2.75) is 46.2 Å². The van der Waals surface area contributed by atoms with Crippen LogP contribution in [-0.2, 0) is 6.54 Å². The van der Waals surface area contributed by atoms with Gasteiger partial charge in [-0.15, -0.1) is 11.3 Å². The summed E-state index contributed by atoms with van der Waals surface area (Å²) in [6.07, 6.45) is 4.16. The lowest BCUT2D eigenvalue weighted by atomic mass is 10.1.